The molecule has 0 saturated carbocycles. The number of aliphatic imine (C=N–C) groups is 1. The number of likely N-dealkylation sites (tertiary alicyclic amines) is 1. The minimum absolute atomic E-state index is 0.0585. The number of aliphatic hydroxyl groups excluding tert-OH is 1. The van der Waals surface area contributed by atoms with Gasteiger partial charge in [-0.1, -0.05) is 6.92 Å². The maximum Gasteiger partial charge on any atom is 0.353 e. The molecule has 1 unspecified atom stereocenters. The van der Waals surface area contributed by atoms with Crippen LogP contribution in [0.4, 0.5) is 0 Å². The highest BCUT2D eigenvalue weighted by Crippen LogP contribution is 2.51. The summed E-state index contributed by atoms with van der Waals surface area (Å²) in [5.74, 6) is -0.584. The summed E-state index contributed by atoms with van der Waals surface area (Å²) in [6.07, 6.45) is 1.17. The van der Waals surface area contributed by atoms with Crippen molar-refractivity contribution in [3.8, 4) is 0 Å². The Kier molecular flexibility index (Phi) is 5.18. The third-order valence-corrected chi connectivity index (χ3v) is 7.85. The van der Waals surface area contributed by atoms with Crippen LogP contribution >= 0.6 is 11.8 Å². The molecule has 154 valence electrons. The van der Waals surface area contributed by atoms with Crippen LogP contribution in [0.5, 0.6) is 0 Å². The summed E-state index contributed by atoms with van der Waals surface area (Å²) in [6, 6.07) is -0.234. The molecule has 9 heteroatoms. The normalized spacial score (nSPS) is 34.6. The molecule has 0 bridgehead atoms. The standard InChI is InChI=1S/C19H28N4O4S/c1-9-15-14(10(2)24)18(25)23(15)16(19(26)27)17(9)28-12-7-22(8-12)6-11-3-4-21-13(20)5-11/h9-12,14-15,24H,3-8H2,1-2H3,(H2,20,21)(H,26,27)/t9-,10-,11?,14-,15-/m1/s1. The lowest BCUT2D eigenvalue weighted by Crippen LogP contribution is -2.63. The van der Waals surface area contributed by atoms with Gasteiger partial charge in [0.05, 0.1) is 23.9 Å². The average Bonchev–Trinajstić information content (AvgIpc) is 2.82. The van der Waals surface area contributed by atoms with Gasteiger partial charge in [0.2, 0.25) is 5.91 Å². The molecule has 4 aliphatic rings. The molecule has 4 aliphatic heterocycles. The van der Waals surface area contributed by atoms with Crippen LogP contribution in [0.2, 0.25) is 0 Å². The van der Waals surface area contributed by atoms with Crippen molar-refractivity contribution < 1.29 is 19.8 Å². The van der Waals surface area contributed by atoms with Crippen LogP contribution in [0.3, 0.4) is 0 Å². The van der Waals surface area contributed by atoms with E-state index >= 15 is 0 Å². The number of thioether (sulfide) groups is 1. The number of aliphatic hydroxyl groups is 1. The highest BCUT2D eigenvalue weighted by Gasteiger charge is 2.60. The Balaban J connectivity index is 1.38. The van der Waals surface area contributed by atoms with Crippen molar-refractivity contribution in [1.29, 1.82) is 0 Å². The summed E-state index contributed by atoms with van der Waals surface area (Å²) in [6.45, 7) is 7.22. The van der Waals surface area contributed by atoms with Crippen LogP contribution in [-0.2, 0) is 9.59 Å². The summed E-state index contributed by atoms with van der Waals surface area (Å²) < 4.78 is 0. The quantitative estimate of drug-likeness (QED) is 0.542. The molecule has 8 nitrogen and oxygen atoms in total. The molecule has 28 heavy (non-hydrogen) atoms. The third-order valence-electron chi connectivity index (χ3n) is 6.39. The zero-order chi connectivity index (χ0) is 20.2. The second kappa shape index (κ2) is 7.35. The molecule has 5 atom stereocenters. The number of carbonyl (C=O) groups is 2. The number of rotatable bonds is 6. The maximum absolute atomic E-state index is 12.4. The molecule has 0 aliphatic carbocycles. The number of hydrogen-bond acceptors (Lipinski definition) is 7. The van der Waals surface area contributed by atoms with Crippen LogP contribution in [0.1, 0.15) is 26.7 Å². The van der Waals surface area contributed by atoms with E-state index in [0.29, 0.717) is 11.2 Å². The first-order valence-corrected chi connectivity index (χ1v) is 10.8. The van der Waals surface area contributed by atoms with Gasteiger partial charge in [0.25, 0.3) is 0 Å². The lowest BCUT2D eigenvalue weighted by Gasteiger charge is -2.46. The Labute approximate surface area is 168 Å². The Morgan fingerprint density at radius 3 is 2.75 bits per heavy atom. The molecule has 2 saturated heterocycles. The van der Waals surface area contributed by atoms with Gasteiger partial charge in [-0.25, -0.2) is 4.79 Å². The van der Waals surface area contributed by atoms with E-state index < -0.39 is 18.0 Å². The monoisotopic (exact) mass is 408 g/mol. The maximum atomic E-state index is 12.4. The Morgan fingerprint density at radius 1 is 1.43 bits per heavy atom. The van der Waals surface area contributed by atoms with E-state index in [2.05, 4.69) is 9.89 Å². The van der Waals surface area contributed by atoms with E-state index in [-0.39, 0.29) is 23.6 Å². The van der Waals surface area contributed by atoms with E-state index in [0.717, 1.165) is 49.8 Å². The van der Waals surface area contributed by atoms with Crippen molar-refractivity contribution in [1.82, 2.24) is 9.80 Å². The summed E-state index contributed by atoms with van der Waals surface area (Å²) in [5.41, 5.74) is 5.97. The predicted octanol–water partition coefficient (Wildman–Crippen LogP) is 0.325. The molecule has 0 spiro atoms. The van der Waals surface area contributed by atoms with Gasteiger partial charge < -0.3 is 25.7 Å². The number of aliphatic carboxylic acids is 1. The molecule has 0 aromatic carbocycles. The molecule has 2 fully saturated rings. The van der Waals surface area contributed by atoms with Gasteiger partial charge in [-0.2, -0.15) is 0 Å². The lowest BCUT2D eigenvalue weighted by atomic mass is 9.79. The number of carboxylic acids is 1. The first-order chi connectivity index (χ1) is 13.3. The van der Waals surface area contributed by atoms with Crippen LogP contribution in [-0.4, -0.2) is 81.3 Å². The van der Waals surface area contributed by atoms with Crippen molar-refractivity contribution in [3.05, 3.63) is 10.6 Å². The largest absolute Gasteiger partial charge is 0.477 e. The second-order valence-electron chi connectivity index (χ2n) is 8.46. The highest BCUT2D eigenvalue weighted by molar-refractivity contribution is 8.03. The number of fused-ring (bicyclic) bond motifs is 1. The fraction of sp³-hybridized carbons (Fsp3) is 0.737. The second-order valence-corrected chi connectivity index (χ2v) is 9.80. The number of nitrogens with two attached hydrogens (primary N) is 1. The zero-order valence-electron chi connectivity index (χ0n) is 16.2. The van der Waals surface area contributed by atoms with Crippen LogP contribution in [0, 0.1) is 17.8 Å². The SMILES string of the molecule is C[C@@H](O)[C@H]1C(=O)N2C(C(=O)O)=C(SC3CN(CC4CCN=C(N)C4)C3)[C@H](C)[C@H]12. The smallest absolute Gasteiger partial charge is 0.353 e. The van der Waals surface area contributed by atoms with Crippen LogP contribution in [0.15, 0.2) is 15.6 Å². The number of hydrogen-bond donors (Lipinski definition) is 3. The number of nitrogens with zero attached hydrogens (tertiary/aromatic N) is 3. The molecular weight excluding hydrogens is 380 g/mol. The third kappa shape index (κ3) is 3.23. The molecule has 4 N–H and O–H groups in total. The summed E-state index contributed by atoms with van der Waals surface area (Å²) >= 11 is 1.60. The highest BCUT2D eigenvalue weighted by atomic mass is 32.2. The van der Waals surface area contributed by atoms with E-state index in [4.69, 9.17) is 5.73 Å². The van der Waals surface area contributed by atoms with E-state index in [1.807, 2.05) is 6.92 Å². The van der Waals surface area contributed by atoms with Crippen molar-refractivity contribution in [2.24, 2.45) is 28.5 Å². The van der Waals surface area contributed by atoms with E-state index in [1.54, 1.807) is 18.7 Å². The predicted molar refractivity (Wildman–Crippen MR) is 107 cm³/mol. The number of β-lactam (4-membered cyclic amide) rings is 1. The van der Waals surface area contributed by atoms with E-state index in [1.165, 1.54) is 4.90 Å². The fourth-order valence-electron chi connectivity index (χ4n) is 4.98. The number of carboxylic acid groups (broad SMARTS) is 1. The topological polar surface area (TPSA) is 119 Å². The molecule has 4 rings (SSSR count). The molecule has 0 radical (unpaired) electrons. The van der Waals surface area contributed by atoms with E-state index in [9.17, 15) is 19.8 Å². The average molecular weight is 409 g/mol. The first kappa shape index (κ1) is 19.7. The number of amides is 1. The first-order valence-electron chi connectivity index (χ1n) is 9.94. The number of amidine groups is 1. The van der Waals surface area contributed by atoms with Crippen molar-refractivity contribution >= 4 is 29.5 Å². The van der Waals surface area contributed by atoms with Gasteiger partial charge in [0.15, 0.2) is 0 Å². The van der Waals surface area contributed by atoms with Gasteiger partial charge in [-0.15, -0.1) is 11.8 Å². The molecule has 0 aromatic rings. The Hall–Kier alpha value is -1.58. The van der Waals surface area contributed by atoms with Gasteiger partial charge in [-0.05, 0) is 19.3 Å². The molecular formula is C19H28N4O4S. The van der Waals surface area contributed by atoms with Crippen molar-refractivity contribution in [2.45, 2.75) is 44.1 Å². The van der Waals surface area contributed by atoms with Gasteiger partial charge in [0.1, 0.15) is 5.70 Å². The minimum atomic E-state index is -1.05. The molecule has 0 aromatic heterocycles. The van der Waals surface area contributed by atoms with Gasteiger partial charge in [-0.3, -0.25) is 9.79 Å². The number of carbonyl (C=O) groups excluding carboxylic acids is 1. The molecule has 4 heterocycles. The molecule has 1 amide bonds. The minimum Gasteiger partial charge on any atom is -0.477 e. The Morgan fingerprint density at radius 2 is 2.14 bits per heavy atom. The summed E-state index contributed by atoms with van der Waals surface area (Å²) in [7, 11) is 0. The van der Waals surface area contributed by atoms with Crippen molar-refractivity contribution in [3.63, 3.8) is 0 Å². The van der Waals surface area contributed by atoms with Gasteiger partial charge in [0, 0.05) is 48.7 Å². The van der Waals surface area contributed by atoms with Crippen LogP contribution in [0.25, 0.3) is 0 Å². The van der Waals surface area contributed by atoms with Crippen LogP contribution < -0.4 is 5.73 Å². The summed E-state index contributed by atoms with van der Waals surface area (Å²) in [5, 5.41) is 20.0. The summed E-state index contributed by atoms with van der Waals surface area (Å²) in [4.78, 5) is 33.1. The Bertz CT molecular complexity index is 746. The lowest BCUT2D eigenvalue weighted by molar-refractivity contribution is -0.163. The van der Waals surface area contributed by atoms with Crippen molar-refractivity contribution in [2.75, 3.05) is 26.2 Å². The zero-order valence-corrected chi connectivity index (χ0v) is 17.1. The fourth-order valence-corrected chi connectivity index (χ4v) is 6.56. The van der Waals surface area contributed by atoms with Gasteiger partial charge >= 0.3 is 5.97 Å².